The minimum atomic E-state index is 0.413. The number of nitrogens with two attached hydrogens (primary N) is 1. The van der Waals surface area contributed by atoms with Crippen LogP contribution in [0.4, 0.5) is 0 Å². The zero-order valence-corrected chi connectivity index (χ0v) is 10.8. The van der Waals surface area contributed by atoms with Crippen molar-refractivity contribution in [2.24, 2.45) is 17.6 Å². The van der Waals surface area contributed by atoms with E-state index in [2.05, 4.69) is 35.2 Å². The van der Waals surface area contributed by atoms with Crippen LogP contribution in [0, 0.1) is 11.8 Å². The third-order valence-electron chi connectivity index (χ3n) is 4.18. The average Bonchev–Trinajstić information content (AvgIpc) is 3.20. The summed E-state index contributed by atoms with van der Waals surface area (Å²) in [6.07, 6.45) is 1.68. The van der Waals surface area contributed by atoms with Gasteiger partial charge in [-0.3, -0.25) is 4.90 Å². The van der Waals surface area contributed by atoms with Crippen molar-refractivity contribution in [3.05, 3.63) is 35.9 Å². The second-order valence-corrected chi connectivity index (χ2v) is 5.53. The Morgan fingerprint density at radius 2 is 2.11 bits per heavy atom. The summed E-state index contributed by atoms with van der Waals surface area (Å²) < 4.78 is 5.90. The van der Waals surface area contributed by atoms with Crippen molar-refractivity contribution in [3.63, 3.8) is 0 Å². The van der Waals surface area contributed by atoms with Crippen LogP contribution in [0.1, 0.15) is 12.0 Å². The highest BCUT2D eigenvalue weighted by Gasteiger charge is 2.43. The molecule has 1 saturated carbocycles. The predicted octanol–water partition coefficient (Wildman–Crippen LogP) is 1.48. The molecule has 3 rings (SSSR count). The third kappa shape index (κ3) is 2.74. The van der Waals surface area contributed by atoms with Crippen molar-refractivity contribution in [1.29, 1.82) is 0 Å². The maximum atomic E-state index is 5.90. The minimum Gasteiger partial charge on any atom is -0.375 e. The Hall–Kier alpha value is -0.900. The predicted molar refractivity (Wildman–Crippen MR) is 72.1 cm³/mol. The second-order valence-electron chi connectivity index (χ2n) is 5.53. The van der Waals surface area contributed by atoms with Crippen molar-refractivity contribution in [3.8, 4) is 0 Å². The van der Waals surface area contributed by atoms with Gasteiger partial charge in [-0.25, -0.2) is 0 Å². The first-order chi connectivity index (χ1) is 8.86. The van der Waals surface area contributed by atoms with Gasteiger partial charge in [0, 0.05) is 19.6 Å². The van der Waals surface area contributed by atoms with Gasteiger partial charge in [-0.1, -0.05) is 30.3 Å². The number of nitrogens with zero attached hydrogens (tertiary/aromatic N) is 1. The van der Waals surface area contributed by atoms with E-state index in [1.165, 1.54) is 12.0 Å². The van der Waals surface area contributed by atoms with Gasteiger partial charge in [0.2, 0.25) is 0 Å². The van der Waals surface area contributed by atoms with E-state index in [4.69, 9.17) is 10.5 Å². The van der Waals surface area contributed by atoms with Gasteiger partial charge in [0.05, 0.1) is 12.7 Å². The highest BCUT2D eigenvalue weighted by molar-refractivity contribution is 5.14. The molecule has 1 aliphatic carbocycles. The summed E-state index contributed by atoms with van der Waals surface area (Å²) >= 11 is 0. The second kappa shape index (κ2) is 5.39. The molecule has 2 aliphatic rings. The zero-order chi connectivity index (χ0) is 12.4. The maximum Gasteiger partial charge on any atom is 0.0734 e. The van der Waals surface area contributed by atoms with Crippen molar-refractivity contribution < 1.29 is 4.74 Å². The molecule has 18 heavy (non-hydrogen) atoms. The summed E-state index contributed by atoms with van der Waals surface area (Å²) in [6.45, 7) is 4.84. The van der Waals surface area contributed by atoms with Gasteiger partial charge < -0.3 is 10.5 Å². The molecule has 0 bridgehead atoms. The molecule has 1 aliphatic heterocycles. The summed E-state index contributed by atoms with van der Waals surface area (Å²) in [5.41, 5.74) is 7.11. The van der Waals surface area contributed by atoms with E-state index in [-0.39, 0.29) is 0 Å². The van der Waals surface area contributed by atoms with E-state index >= 15 is 0 Å². The molecule has 1 aromatic carbocycles. The average molecular weight is 246 g/mol. The monoisotopic (exact) mass is 246 g/mol. The molecule has 3 atom stereocenters. The zero-order valence-electron chi connectivity index (χ0n) is 10.8. The molecule has 1 heterocycles. The van der Waals surface area contributed by atoms with E-state index in [9.17, 15) is 0 Å². The molecular weight excluding hydrogens is 224 g/mol. The maximum absolute atomic E-state index is 5.90. The van der Waals surface area contributed by atoms with Gasteiger partial charge in [0.25, 0.3) is 0 Å². The summed E-state index contributed by atoms with van der Waals surface area (Å²) in [7, 11) is 0. The van der Waals surface area contributed by atoms with Gasteiger partial charge in [-0.05, 0) is 30.4 Å². The molecule has 0 amide bonds. The Labute approximate surface area is 109 Å². The first-order valence-electron chi connectivity index (χ1n) is 6.95. The van der Waals surface area contributed by atoms with E-state index in [1.54, 1.807) is 0 Å². The lowest BCUT2D eigenvalue weighted by atomic mass is 10.1. The lowest BCUT2D eigenvalue weighted by Crippen LogP contribution is -2.43. The van der Waals surface area contributed by atoms with Crippen molar-refractivity contribution in [1.82, 2.24) is 4.90 Å². The van der Waals surface area contributed by atoms with Crippen molar-refractivity contribution in [2.45, 2.75) is 19.1 Å². The molecule has 3 heteroatoms. The number of hydrogen-bond donors (Lipinski definition) is 1. The summed E-state index contributed by atoms with van der Waals surface area (Å²) in [4.78, 5) is 2.51. The molecular formula is C15H22N2O. The van der Waals surface area contributed by atoms with Gasteiger partial charge in [0.1, 0.15) is 0 Å². The molecule has 0 radical (unpaired) electrons. The lowest BCUT2D eigenvalue weighted by molar-refractivity contribution is -0.0441. The Morgan fingerprint density at radius 3 is 2.83 bits per heavy atom. The molecule has 2 N–H and O–H groups in total. The number of morpholine rings is 1. The van der Waals surface area contributed by atoms with Crippen LogP contribution in [0.5, 0.6) is 0 Å². The SMILES string of the molecule is NC[C@@H]1C[C@H]1C1CN(Cc2ccccc2)CCO1. The summed E-state index contributed by atoms with van der Waals surface area (Å²) in [6, 6.07) is 10.7. The van der Waals surface area contributed by atoms with Crippen LogP contribution in [0.15, 0.2) is 30.3 Å². The largest absolute Gasteiger partial charge is 0.375 e. The Kier molecular flexibility index (Phi) is 3.64. The van der Waals surface area contributed by atoms with Crippen LogP contribution in [0.2, 0.25) is 0 Å². The topological polar surface area (TPSA) is 38.5 Å². The van der Waals surface area contributed by atoms with E-state index < -0.39 is 0 Å². The highest BCUT2D eigenvalue weighted by atomic mass is 16.5. The van der Waals surface area contributed by atoms with Crippen LogP contribution < -0.4 is 5.73 Å². The Balaban J connectivity index is 1.54. The Bertz CT molecular complexity index is 381. The highest BCUT2D eigenvalue weighted by Crippen LogP contribution is 2.42. The van der Waals surface area contributed by atoms with Gasteiger partial charge in [-0.2, -0.15) is 0 Å². The van der Waals surface area contributed by atoms with E-state index in [0.29, 0.717) is 17.9 Å². The fraction of sp³-hybridized carbons (Fsp3) is 0.600. The lowest BCUT2D eigenvalue weighted by Gasteiger charge is -2.33. The van der Waals surface area contributed by atoms with Crippen LogP contribution in [-0.2, 0) is 11.3 Å². The summed E-state index contributed by atoms with van der Waals surface area (Å²) in [5.74, 6) is 1.43. The molecule has 0 aromatic heterocycles. The Morgan fingerprint density at radius 1 is 1.28 bits per heavy atom. The molecule has 0 spiro atoms. The van der Waals surface area contributed by atoms with Crippen LogP contribution >= 0.6 is 0 Å². The number of hydrogen-bond acceptors (Lipinski definition) is 3. The van der Waals surface area contributed by atoms with Gasteiger partial charge >= 0.3 is 0 Å². The van der Waals surface area contributed by atoms with Crippen molar-refractivity contribution >= 4 is 0 Å². The van der Waals surface area contributed by atoms with E-state index in [1.807, 2.05) is 0 Å². The quantitative estimate of drug-likeness (QED) is 0.874. The van der Waals surface area contributed by atoms with Crippen LogP contribution in [0.3, 0.4) is 0 Å². The molecule has 1 saturated heterocycles. The molecule has 2 fully saturated rings. The normalized spacial score (nSPS) is 32.4. The van der Waals surface area contributed by atoms with Crippen LogP contribution in [0.25, 0.3) is 0 Å². The summed E-state index contributed by atoms with van der Waals surface area (Å²) in [5, 5.41) is 0. The molecule has 1 aromatic rings. The third-order valence-corrected chi connectivity index (χ3v) is 4.18. The van der Waals surface area contributed by atoms with Gasteiger partial charge in [-0.15, -0.1) is 0 Å². The smallest absolute Gasteiger partial charge is 0.0734 e. The van der Waals surface area contributed by atoms with Crippen molar-refractivity contribution in [2.75, 3.05) is 26.2 Å². The van der Waals surface area contributed by atoms with Gasteiger partial charge in [0.15, 0.2) is 0 Å². The molecule has 98 valence electrons. The fourth-order valence-corrected chi connectivity index (χ4v) is 2.97. The standard InChI is InChI=1S/C15H22N2O/c16-9-13-8-14(13)15-11-17(6-7-18-15)10-12-4-2-1-3-5-12/h1-5,13-15H,6-11,16H2/t13-,14+,15?/m0/s1. The first kappa shape index (κ1) is 12.2. The fourth-order valence-electron chi connectivity index (χ4n) is 2.97. The van der Waals surface area contributed by atoms with Crippen LogP contribution in [-0.4, -0.2) is 37.2 Å². The molecule has 1 unspecified atom stereocenters. The number of benzene rings is 1. The number of ether oxygens (including phenoxy) is 1. The molecule has 3 nitrogen and oxygen atoms in total. The van der Waals surface area contributed by atoms with E-state index in [0.717, 1.165) is 32.8 Å². The number of rotatable bonds is 4. The minimum absolute atomic E-state index is 0.413. The first-order valence-corrected chi connectivity index (χ1v) is 6.95.